The number of phenols is 2. The first-order valence-electron chi connectivity index (χ1n) is 14.8. The summed E-state index contributed by atoms with van der Waals surface area (Å²) in [7, 11) is 0. The molecule has 2 aliphatic rings. The van der Waals surface area contributed by atoms with Gasteiger partial charge in [-0.1, -0.05) is 89.3 Å². The Balaban J connectivity index is 0.000000212. The monoisotopic (exact) mass is 560 g/mol. The van der Waals surface area contributed by atoms with Crippen molar-refractivity contribution in [2.45, 2.75) is 89.6 Å². The highest BCUT2D eigenvalue weighted by atomic mass is 16.6. The first-order valence-corrected chi connectivity index (χ1v) is 14.8. The number of carboxylic acids is 1. The van der Waals surface area contributed by atoms with Crippen LogP contribution < -0.4 is 4.74 Å². The highest BCUT2D eigenvalue weighted by Gasteiger charge is 2.53. The smallest absolute Gasteiger partial charge is 0.340 e. The van der Waals surface area contributed by atoms with Gasteiger partial charge in [-0.3, -0.25) is 4.79 Å². The van der Waals surface area contributed by atoms with Gasteiger partial charge in [0.15, 0.2) is 5.60 Å². The third-order valence-electron chi connectivity index (χ3n) is 7.68. The van der Waals surface area contributed by atoms with Crippen molar-refractivity contribution in [1.29, 1.82) is 0 Å². The first kappa shape index (κ1) is 30.0. The largest absolute Gasteiger partial charge is 0.508 e. The molecule has 218 valence electrons. The number of hydrogen-bond acceptors (Lipinski definition) is 6. The van der Waals surface area contributed by atoms with Gasteiger partial charge in [0.05, 0.1) is 5.56 Å². The summed E-state index contributed by atoms with van der Waals surface area (Å²) < 4.78 is 11.8. The van der Waals surface area contributed by atoms with Gasteiger partial charge in [0, 0.05) is 35.2 Å². The number of aliphatic carboxylic acids is 1. The van der Waals surface area contributed by atoms with Crippen LogP contribution >= 0.6 is 0 Å². The quantitative estimate of drug-likeness (QED) is 0.150. The van der Waals surface area contributed by atoms with Gasteiger partial charge in [-0.15, -0.1) is 0 Å². The third-order valence-corrected chi connectivity index (χ3v) is 7.68. The van der Waals surface area contributed by atoms with Crippen LogP contribution in [0.3, 0.4) is 0 Å². The Labute approximate surface area is 241 Å². The van der Waals surface area contributed by atoms with Crippen LogP contribution in [-0.4, -0.2) is 27.3 Å². The fourth-order valence-corrected chi connectivity index (χ4v) is 5.59. The lowest BCUT2D eigenvalue weighted by Crippen LogP contribution is -2.32. The van der Waals surface area contributed by atoms with Crippen LogP contribution in [0.2, 0.25) is 0 Å². The number of phenolic OH excluding ortho intramolecular Hbond substituents is 2. The molecule has 5 rings (SSSR count). The van der Waals surface area contributed by atoms with E-state index < -0.39 is 17.5 Å². The maximum atomic E-state index is 12.5. The number of carbonyl (C=O) groups excluding carboxylic acids is 1. The molecule has 0 radical (unpaired) electrons. The van der Waals surface area contributed by atoms with E-state index in [9.17, 15) is 19.8 Å². The summed E-state index contributed by atoms with van der Waals surface area (Å²) in [6.07, 6.45) is 14.4. The lowest BCUT2D eigenvalue weighted by Gasteiger charge is -2.36. The predicted molar refractivity (Wildman–Crippen MR) is 157 cm³/mol. The molecule has 0 amide bonds. The topological polar surface area (TPSA) is 113 Å². The number of esters is 1. The van der Waals surface area contributed by atoms with E-state index in [1.165, 1.54) is 82.1 Å². The Morgan fingerprint density at radius 3 is 1.76 bits per heavy atom. The molecule has 0 atom stereocenters. The predicted octanol–water partition coefficient (Wildman–Crippen LogP) is 8.44. The summed E-state index contributed by atoms with van der Waals surface area (Å²) in [6.45, 7) is 2.25. The van der Waals surface area contributed by atoms with Gasteiger partial charge in [-0.2, -0.15) is 0 Å². The van der Waals surface area contributed by atoms with Crippen molar-refractivity contribution in [3.63, 3.8) is 0 Å². The Morgan fingerprint density at radius 2 is 1.22 bits per heavy atom. The van der Waals surface area contributed by atoms with E-state index in [2.05, 4.69) is 6.92 Å². The SMILES string of the molecule is CCCCCCCCCCCCCC(=O)O.O=C1OC2(c3ccc(O)cc3Oc3cc(O)ccc32)c2ccccc21. The van der Waals surface area contributed by atoms with E-state index in [0.29, 0.717) is 40.2 Å². The number of benzene rings is 3. The fourth-order valence-electron chi connectivity index (χ4n) is 5.59. The Kier molecular flexibility index (Phi) is 10.3. The second-order valence-corrected chi connectivity index (χ2v) is 10.8. The lowest BCUT2D eigenvalue weighted by atomic mass is 9.77. The minimum atomic E-state index is -1.17. The minimum absolute atomic E-state index is 0.0371. The zero-order valence-electron chi connectivity index (χ0n) is 23.7. The molecule has 0 aliphatic carbocycles. The molecule has 1 spiro atoms. The molecule has 0 aromatic heterocycles. The molecule has 3 aromatic carbocycles. The maximum absolute atomic E-state index is 12.5. The van der Waals surface area contributed by atoms with Gasteiger partial charge in [-0.25, -0.2) is 4.79 Å². The van der Waals surface area contributed by atoms with Crippen LogP contribution in [0.5, 0.6) is 23.0 Å². The molecule has 0 saturated carbocycles. The standard InChI is InChI=1S/C20H12O5.C14H28O2/c21-11-5-7-15-17(9-11)24-18-10-12(22)6-8-16(18)20(15)14-4-2-1-3-13(14)19(23)25-20;1-2-3-4-5-6-7-8-9-10-11-12-13-14(15)16/h1-10,21-22H;2-13H2,1H3,(H,15,16). The Hall–Kier alpha value is -4.00. The van der Waals surface area contributed by atoms with Crippen LogP contribution in [-0.2, 0) is 15.1 Å². The van der Waals surface area contributed by atoms with Gasteiger partial charge in [-0.05, 0) is 36.8 Å². The fraction of sp³-hybridized carbons (Fsp3) is 0.412. The van der Waals surface area contributed by atoms with Gasteiger partial charge >= 0.3 is 11.9 Å². The zero-order valence-corrected chi connectivity index (χ0v) is 23.7. The molecule has 7 nitrogen and oxygen atoms in total. The Morgan fingerprint density at radius 1 is 0.707 bits per heavy atom. The van der Waals surface area contributed by atoms with E-state index in [-0.39, 0.29) is 11.5 Å². The van der Waals surface area contributed by atoms with Crippen molar-refractivity contribution in [3.8, 4) is 23.0 Å². The molecule has 2 heterocycles. The van der Waals surface area contributed by atoms with Gasteiger partial charge < -0.3 is 24.8 Å². The number of rotatable bonds is 12. The highest BCUT2D eigenvalue weighted by molar-refractivity contribution is 5.97. The number of unbranched alkanes of at least 4 members (excludes halogenated alkanes) is 10. The summed E-state index contributed by atoms with van der Waals surface area (Å²) in [6, 6.07) is 16.6. The number of carbonyl (C=O) groups is 2. The molecule has 41 heavy (non-hydrogen) atoms. The molecule has 3 aromatic rings. The first-order chi connectivity index (χ1) is 19.9. The molecule has 3 N–H and O–H groups in total. The second kappa shape index (κ2) is 14.1. The second-order valence-electron chi connectivity index (χ2n) is 10.8. The lowest BCUT2D eigenvalue weighted by molar-refractivity contribution is -0.137. The number of fused-ring (bicyclic) bond motifs is 6. The van der Waals surface area contributed by atoms with Crippen LogP contribution in [0.15, 0.2) is 60.7 Å². The number of carboxylic acid groups (broad SMARTS) is 1. The van der Waals surface area contributed by atoms with E-state index in [0.717, 1.165) is 12.8 Å². The average Bonchev–Trinajstić information content (AvgIpc) is 3.24. The molecule has 0 bridgehead atoms. The van der Waals surface area contributed by atoms with Crippen molar-refractivity contribution in [2.24, 2.45) is 0 Å². The van der Waals surface area contributed by atoms with Crippen LogP contribution in [0.1, 0.15) is 111 Å². The van der Waals surface area contributed by atoms with Crippen LogP contribution in [0.25, 0.3) is 0 Å². The van der Waals surface area contributed by atoms with E-state index >= 15 is 0 Å². The molecule has 7 heteroatoms. The summed E-state index contributed by atoms with van der Waals surface area (Å²) in [5.41, 5.74) is 1.28. The summed E-state index contributed by atoms with van der Waals surface area (Å²) in [5, 5.41) is 28.1. The van der Waals surface area contributed by atoms with Crippen LogP contribution in [0.4, 0.5) is 0 Å². The number of hydrogen-bond donors (Lipinski definition) is 3. The van der Waals surface area contributed by atoms with Gasteiger partial charge in [0.1, 0.15) is 23.0 Å². The molecule has 0 saturated heterocycles. The minimum Gasteiger partial charge on any atom is -0.508 e. The number of aromatic hydroxyl groups is 2. The van der Waals surface area contributed by atoms with E-state index in [1.807, 2.05) is 12.1 Å². The zero-order chi connectivity index (χ0) is 29.2. The maximum Gasteiger partial charge on any atom is 0.340 e. The van der Waals surface area contributed by atoms with E-state index in [4.69, 9.17) is 14.6 Å². The Bertz CT molecular complexity index is 1300. The van der Waals surface area contributed by atoms with E-state index in [1.54, 1.807) is 24.3 Å². The van der Waals surface area contributed by atoms with Gasteiger partial charge in [0.2, 0.25) is 0 Å². The van der Waals surface area contributed by atoms with Crippen molar-refractivity contribution in [2.75, 3.05) is 0 Å². The van der Waals surface area contributed by atoms with Crippen molar-refractivity contribution < 1.29 is 34.4 Å². The van der Waals surface area contributed by atoms with Crippen LogP contribution in [0, 0.1) is 0 Å². The summed E-state index contributed by atoms with van der Waals surface area (Å²) in [5.74, 6) is -0.248. The summed E-state index contributed by atoms with van der Waals surface area (Å²) >= 11 is 0. The average molecular weight is 561 g/mol. The van der Waals surface area contributed by atoms with Crippen molar-refractivity contribution in [1.82, 2.24) is 0 Å². The molecular weight excluding hydrogens is 520 g/mol. The summed E-state index contributed by atoms with van der Waals surface area (Å²) in [4.78, 5) is 22.8. The van der Waals surface area contributed by atoms with Gasteiger partial charge in [0.25, 0.3) is 0 Å². The third kappa shape index (κ3) is 7.02. The molecule has 0 unspecified atom stereocenters. The molecular formula is C34H40O7. The highest BCUT2D eigenvalue weighted by Crippen LogP contribution is 2.56. The van der Waals surface area contributed by atoms with Crippen molar-refractivity contribution >= 4 is 11.9 Å². The molecule has 2 aliphatic heterocycles. The normalized spacial score (nSPS) is 13.7. The number of ether oxygens (including phenoxy) is 2. The molecule has 0 fully saturated rings. The van der Waals surface area contributed by atoms with Crippen molar-refractivity contribution in [3.05, 3.63) is 82.9 Å².